The molecule has 1 N–H and O–H groups in total. The second-order valence-corrected chi connectivity index (χ2v) is 5.89. The minimum Gasteiger partial charge on any atom is -0.378 e. The molecule has 3 aromatic rings. The van der Waals surface area contributed by atoms with Gasteiger partial charge in [0.15, 0.2) is 5.78 Å². The van der Waals surface area contributed by atoms with Crippen LogP contribution in [0, 0.1) is 0 Å². The lowest BCUT2D eigenvalue weighted by Crippen LogP contribution is -2.38. The molecule has 1 aliphatic heterocycles. The predicted molar refractivity (Wildman–Crippen MR) is 95.3 cm³/mol. The number of rotatable bonds is 3. The van der Waals surface area contributed by atoms with Crippen LogP contribution in [0.4, 0.5) is 5.82 Å². The van der Waals surface area contributed by atoms with Crippen LogP contribution in [-0.4, -0.2) is 42.1 Å². The average molecular weight is 335 g/mol. The number of H-pyrrole nitrogens is 1. The molecule has 0 aliphatic carbocycles. The number of ether oxygens (including phenoxy) is 1. The van der Waals surface area contributed by atoms with E-state index >= 15 is 0 Å². The van der Waals surface area contributed by atoms with Gasteiger partial charge in [-0.2, -0.15) is 0 Å². The molecule has 0 bridgehead atoms. The third-order valence-corrected chi connectivity index (χ3v) is 4.39. The highest BCUT2D eigenvalue weighted by atomic mass is 16.5. The molecule has 0 saturated carbocycles. The number of fused-ring (bicyclic) bond motifs is 1. The quantitative estimate of drug-likeness (QED) is 0.741. The summed E-state index contributed by atoms with van der Waals surface area (Å²) < 4.78 is 5.40. The Balaban J connectivity index is 1.97. The van der Waals surface area contributed by atoms with Gasteiger partial charge >= 0.3 is 0 Å². The van der Waals surface area contributed by atoms with Crippen LogP contribution in [0.3, 0.4) is 0 Å². The van der Waals surface area contributed by atoms with E-state index in [4.69, 9.17) is 4.74 Å². The Morgan fingerprint density at radius 2 is 1.84 bits per heavy atom. The zero-order valence-corrected chi connectivity index (χ0v) is 13.6. The Morgan fingerprint density at radius 1 is 1.08 bits per heavy atom. The Hall–Kier alpha value is -2.99. The summed E-state index contributed by atoms with van der Waals surface area (Å²) >= 11 is 0. The summed E-state index contributed by atoms with van der Waals surface area (Å²) in [5.41, 5.74) is 0.805. The maximum atomic E-state index is 13.2. The SMILES string of the molecule is O=C(c1cccnc1)c1c(N2CCOCC2)[nH]c(=O)c2ccccc12. The minimum absolute atomic E-state index is 0.151. The fourth-order valence-corrected chi connectivity index (χ4v) is 3.16. The maximum absolute atomic E-state index is 13.2. The van der Waals surface area contributed by atoms with Crippen molar-refractivity contribution in [1.29, 1.82) is 0 Å². The van der Waals surface area contributed by atoms with Gasteiger partial charge in [0.1, 0.15) is 5.82 Å². The lowest BCUT2D eigenvalue weighted by Gasteiger charge is -2.30. The molecule has 1 fully saturated rings. The fraction of sp³-hybridized carbons (Fsp3) is 0.211. The summed E-state index contributed by atoms with van der Waals surface area (Å²) in [6.07, 6.45) is 3.18. The number of nitrogens with zero attached hydrogens (tertiary/aromatic N) is 2. The molecule has 3 heterocycles. The van der Waals surface area contributed by atoms with Crippen molar-refractivity contribution in [3.05, 3.63) is 70.3 Å². The average Bonchev–Trinajstić information content (AvgIpc) is 2.69. The molecule has 25 heavy (non-hydrogen) atoms. The van der Waals surface area contributed by atoms with Crippen LogP contribution in [0.5, 0.6) is 0 Å². The van der Waals surface area contributed by atoms with E-state index in [9.17, 15) is 9.59 Å². The van der Waals surface area contributed by atoms with Crippen molar-refractivity contribution in [3.8, 4) is 0 Å². The zero-order chi connectivity index (χ0) is 17.2. The molecule has 0 radical (unpaired) electrons. The number of carbonyl (C=O) groups excluding carboxylic acids is 1. The van der Waals surface area contributed by atoms with E-state index in [2.05, 4.69) is 9.97 Å². The maximum Gasteiger partial charge on any atom is 0.257 e. The van der Waals surface area contributed by atoms with Gasteiger partial charge in [0.25, 0.3) is 5.56 Å². The second-order valence-electron chi connectivity index (χ2n) is 5.89. The summed E-state index contributed by atoms with van der Waals surface area (Å²) in [5, 5.41) is 1.16. The molecule has 0 atom stereocenters. The van der Waals surface area contributed by atoms with E-state index in [-0.39, 0.29) is 11.3 Å². The molecule has 2 aromatic heterocycles. The summed E-state index contributed by atoms with van der Waals surface area (Å²) in [6.45, 7) is 2.38. The first-order valence-corrected chi connectivity index (χ1v) is 8.18. The number of aromatic amines is 1. The second kappa shape index (κ2) is 6.49. The normalized spacial score (nSPS) is 14.6. The highest BCUT2D eigenvalue weighted by molar-refractivity contribution is 6.19. The number of anilines is 1. The van der Waals surface area contributed by atoms with Gasteiger partial charge in [0.05, 0.1) is 18.8 Å². The van der Waals surface area contributed by atoms with Crippen LogP contribution < -0.4 is 10.5 Å². The number of pyridine rings is 2. The van der Waals surface area contributed by atoms with Crippen LogP contribution in [-0.2, 0) is 4.74 Å². The van der Waals surface area contributed by atoms with E-state index in [1.807, 2.05) is 17.0 Å². The zero-order valence-electron chi connectivity index (χ0n) is 13.6. The summed E-state index contributed by atoms with van der Waals surface area (Å²) in [4.78, 5) is 34.7. The van der Waals surface area contributed by atoms with Crippen molar-refractivity contribution in [2.24, 2.45) is 0 Å². The Labute approximate surface area is 144 Å². The number of aromatic nitrogens is 2. The first kappa shape index (κ1) is 15.5. The molecule has 126 valence electrons. The highest BCUT2D eigenvalue weighted by Crippen LogP contribution is 2.27. The first-order chi connectivity index (χ1) is 12.3. The van der Waals surface area contributed by atoms with Gasteiger partial charge in [-0.1, -0.05) is 18.2 Å². The number of benzene rings is 1. The Morgan fingerprint density at radius 3 is 2.56 bits per heavy atom. The van der Waals surface area contributed by atoms with E-state index in [1.54, 1.807) is 36.7 Å². The third-order valence-electron chi connectivity index (χ3n) is 4.39. The first-order valence-electron chi connectivity index (χ1n) is 8.18. The standard InChI is InChI=1S/C19H17N3O3/c23-17(13-4-3-7-20-12-13)16-14-5-1-2-6-15(14)19(24)21-18(16)22-8-10-25-11-9-22/h1-7,12H,8-11H2,(H,21,24). The van der Waals surface area contributed by atoms with Crippen molar-refractivity contribution < 1.29 is 9.53 Å². The summed E-state index contributed by atoms with van der Waals surface area (Å²) in [7, 11) is 0. The lowest BCUT2D eigenvalue weighted by molar-refractivity contribution is 0.103. The number of morpholine rings is 1. The number of nitrogens with one attached hydrogen (secondary N) is 1. The molecule has 4 rings (SSSR count). The molecule has 1 saturated heterocycles. The van der Waals surface area contributed by atoms with Crippen LogP contribution in [0.2, 0.25) is 0 Å². The lowest BCUT2D eigenvalue weighted by atomic mass is 9.98. The monoisotopic (exact) mass is 335 g/mol. The minimum atomic E-state index is -0.195. The van der Waals surface area contributed by atoms with Crippen molar-refractivity contribution >= 4 is 22.4 Å². The van der Waals surface area contributed by atoms with Gasteiger partial charge in [0.2, 0.25) is 0 Å². The topological polar surface area (TPSA) is 75.3 Å². The smallest absolute Gasteiger partial charge is 0.257 e. The molecule has 6 heteroatoms. The molecule has 0 spiro atoms. The van der Waals surface area contributed by atoms with Gasteiger partial charge in [0, 0.05) is 41.8 Å². The molecule has 0 amide bonds. The Kier molecular flexibility index (Phi) is 4.03. The van der Waals surface area contributed by atoms with E-state index in [0.29, 0.717) is 54.0 Å². The Bertz CT molecular complexity index is 976. The van der Waals surface area contributed by atoms with Crippen LogP contribution >= 0.6 is 0 Å². The third kappa shape index (κ3) is 2.81. The summed E-state index contributed by atoms with van der Waals surface area (Å²) in [5.74, 6) is 0.405. The largest absolute Gasteiger partial charge is 0.378 e. The van der Waals surface area contributed by atoms with E-state index < -0.39 is 0 Å². The van der Waals surface area contributed by atoms with Gasteiger partial charge in [-0.25, -0.2) is 0 Å². The molecule has 6 nitrogen and oxygen atoms in total. The van der Waals surface area contributed by atoms with E-state index in [1.165, 1.54) is 0 Å². The van der Waals surface area contributed by atoms with Crippen LogP contribution in [0.15, 0.2) is 53.6 Å². The van der Waals surface area contributed by atoms with Crippen molar-refractivity contribution in [2.75, 3.05) is 31.2 Å². The number of hydrogen-bond donors (Lipinski definition) is 1. The summed E-state index contributed by atoms with van der Waals surface area (Å²) in [6, 6.07) is 10.7. The van der Waals surface area contributed by atoms with Crippen molar-refractivity contribution in [1.82, 2.24) is 9.97 Å². The van der Waals surface area contributed by atoms with Gasteiger partial charge in [-0.15, -0.1) is 0 Å². The number of ketones is 1. The fourth-order valence-electron chi connectivity index (χ4n) is 3.16. The number of hydrogen-bond acceptors (Lipinski definition) is 5. The molecule has 1 aromatic carbocycles. The van der Waals surface area contributed by atoms with Crippen LogP contribution in [0.25, 0.3) is 10.8 Å². The van der Waals surface area contributed by atoms with Gasteiger partial charge in [-0.3, -0.25) is 14.6 Å². The van der Waals surface area contributed by atoms with Gasteiger partial charge in [-0.05, 0) is 18.2 Å². The van der Waals surface area contributed by atoms with E-state index in [0.717, 1.165) is 0 Å². The molecular formula is C19H17N3O3. The van der Waals surface area contributed by atoms with Crippen LogP contribution in [0.1, 0.15) is 15.9 Å². The predicted octanol–water partition coefficient (Wildman–Crippen LogP) is 1.99. The van der Waals surface area contributed by atoms with Crippen molar-refractivity contribution in [2.45, 2.75) is 0 Å². The molecule has 1 aliphatic rings. The highest BCUT2D eigenvalue weighted by Gasteiger charge is 2.24. The van der Waals surface area contributed by atoms with Crippen molar-refractivity contribution in [3.63, 3.8) is 0 Å². The number of carbonyl (C=O) groups is 1. The molecular weight excluding hydrogens is 318 g/mol. The molecule has 0 unspecified atom stereocenters. The van der Waals surface area contributed by atoms with Gasteiger partial charge < -0.3 is 14.6 Å².